The lowest BCUT2D eigenvalue weighted by atomic mass is 9.81. The summed E-state index contributed by atoms with van der Waals surface area (Å²) in [6.45, 7) is 5.43. The van der Waals surface area contributed by atoms with Crippen molar-refractivity contribution in [1.29, 1.82) is 0 Å². The van der Waals surface area contributed by atoms with Crippen molar-refractivity contribution in [2.45, 2.75) is 26.2 Å². The van der Waals surface area contributed by atoms with Gasteiger partial charge in [0.2, 0.25) is 0 Å². The molecule has 0 N–H and O–H groups in total. The van der Waals surface area contributed by atoms with Gasteiger partial charge in [0, 0.05) is 11.1 Å². The predicted molar refractivity (Wildman–Crippen MR) is 75.0 cm³/mol. The standard InChI is InChI=1S/C15H17N3O2/c1-10-12(15(2,3)14(19)20-4)13(17-18-16-10)11-8-6-5-7-9-11/h5-9H,1-4H3. The molecule has 20 heavy (non-hydrogen) atoms. The maximum atomic E-state index is 12.1. The van der Waals surface area contributed by atoms with E-state index in [1.165, 1.54) is 7.11 Å². The number of nitrogens with zero attached hydrogens (tertiary/aromatic N) is 3. The van der Waals surface area contributed by atoms with E-state index in [9.17, 15) is 4.79 Å². The Bertz CT molecular complexity index is 624. The number of rotatable bonds is 3. The molecule has 2 aromatic rings. The smallest absolute Gasteiger partial charge is 0.315 e. The van der Waals surface area contributed by atoms with Crippen LogP contribution in [0.1, 0.15) is 25.1 Å². The van der Waals surface area contributed by atoms with Crippen LogP contribution in [0.2, 0.25) is 0 Å². The molecule has 0 aliphatic carbocycles. The van der Waals surface area contributed by atoms with E-state index in [1.807, 2.05) is 37.3 Å². The molecule has 0 aliphatic rings. The molecule has 104 valence electrons. The maximum absolute atomic E-state index is 12.1. The lowest BCUT2D eigenvalue weighted by Gasteiger charge is -2.25. The number of carbonyl (C=O) groups is 1. The number of hydrogen-bond acceptors (Lipinski definition) is 5. The third-order valence-electron chi connectivity index (χ3n) is 3.31. The van der Waals surface area contributed by atoms with E-state index in [0.717, 1.165) is 11.1 Å². The minimum absolute atomic E-state index is 0.326. The highest BCUT2D eigenvalue weighted by molar-refractivity contribution is 5.85. The van der Waals surface area contributed by atoms with Gasteiger partial charge in [0.1, 0.15) is 5.69 Å². The van der Waals surface area contributed by atoms with Gasteiger partial charge in [-0.2, -0.15) is 0 Å². The predicted octanol–water partition coefficient (Wildman–Crippen LogP) is 2.30. The lowest BCUT2D eigenvalue weighted by Crippen LogP contribution is -2.32. The summed E-state index contributed by atoms with van der Waals surface area (Å²) in [7, 11) is 1.38. The quantitative estimate of drug-likeness (QED) is 0.801. The first kappa shape index (κ1) is 14.1. The first-order valence-electron chi connectivity index (χ1n) is 6.32. The van der Waals surface area contributed by atoms with Crippen molar-refractivity contribution < 1.29 is 9.53 Å². The van der Waals surface area contributed by atoms with Crippen LogP contribution in [0.25, 0.3) is 11.3 Å². The molecule has 5 heteroatoms. The number of aryl methyl sites for hydroxylation is 1. The van der Waals surface area contributed by atoms with Gasteiger partial charge in [-0.25, -0.2) is 0 Å². The summed E-state index contributed by atoms with van der Waals surface area (Å²) in [5.41, 5.74) is 2.14. The molecule has 5 nitrogen and oxygen atoms in total. The van der Waals surface area contributed by atoms with E-state index in [-0.39, 0.29) is 5.97 Å². The van der Waals surface area contributed by atoms with Gasteiger partial charge in [0.15, 0.2) is 0 Å². The van der Waals surface area contributed by atoms with Gasteiger partial charge in [-0.05, 0) is 26.0 Å². The largest absolute Gasteiger partial charge is 0.468 e. The third-order valence-corrected chi connectivity index (χ3v) is 3.31. The van der Waals surface area contributed by atoms with Gasteiger partial charge < -0.3 is 4.74 Å². The van der Waals surface area contributed by atoms with E-state index in [0.29, 0.717) is 11.4 Å². The molecule has 0 spiro atoms. The van der Waals surface area contributed by atoms with Crippen LogP contribution >= 0.6 is 0 Å². The zero-order valence-corrected chi connectivity index (χ0v) is 12.0. The van der Waals surface area contributed by atoms with Gasteiger partial charge in [-0.1, -0.05) is 30.3 Å². The van der Waals surface area contributed by atoms with Crippen molar-refractivity contribution in [3.8, 4) is 11.3 Å². The van der Waals surface area contributed by atoms with E-state index in [2.05, 4.69) is 15.4 Å². The van der Waals surface area contributed by atoms with Crippen LogP contribution in [0.5, 0.6) is 0 Å². The summed E-state index contributed by atoms with van der Waals surface area (Å²) in [6.07, 6.45) is 0. The molecule has 0 aliphatic heterocycles. The number of esters is 1. The van der Waals surface area contributed by atoms with Crippen LogP contribution in [0.15, 0.2) is 30.3 Å². The summed E-state index contributed by atoms with van der Waals surface area (Å²) >= 11 is 0. The molecule has 0 bridgehead atoms. The number of aromatic nitrogens is 3. The zero-order valence-electron chi connectivity index (χ0n) is 12.0. The summed E-state index contributed by atoms with van der Waals surface area (Å²) in [6, 6.07) is 9.63. The normalized spacial score (nSPS) is 11.2. The monoisotopic (exact) mass is 271 g/mol. The average Bonchev–Trinajstić information content (AvgIpc) is 2.46. The SMILES string of the molecule is COC(=O)C(C)(C)c1c(C)nnnc1-c1ccccc1. The molecule has 0 fully saturated rings. The Balaban J connectivity index is 2.67. The Morgan fingerprint density at radius 1 is 1.15 bits per heavy atom. The molecule has 1 aromatic heterocycles. The zero-order chi connectivity index (χ0) is 14.8. The summed E-state index contributed by atoms with van der Waals surface area (Å²) in [4.78, 5) is 12.1. The Morgan fingerprint density at radius 2 is 1.80 bits per heavy atom. The summed E-state index contributed by atoms with van der Waals surface area (Å²) in [5.74, 6) is -0.326. The van der Waals surface area contributed by atoms with Crippen LogP contribution in [0, 0.1) is 6.92 Å². The second-order valence-electron chi connectivity index (χ2n) is 5.08. The lowest BCUT2D eigenvalue weighted by molar-refractivity contribution is -0.146. The first-order valence-corrected chi connectivity index (χ1v) is 6.32. The number of ether oxygens (including phenoxy) is 1. The Kier molecular flexibility index (Phi) is 3.79. The number of methoxy groups -OCH3 is 1. The highest BCUT2D eigenvalue weighted by atomic mass is 16.5. The number of hydrogen-bond donors (Lipinski definition) is 0. The van der Waals surface area contributed by atoms with Crippen molar-refractivity contribution >= 4 is 5.97 Å². The van der Waals surface area contributed by atoms with Gasteiger partial charge in [-0.3, -0.25) is 4.79 Å². The van der Waals surface area contributed by atoms with Crippen molar-refractivity contribution in [3.05, 3.63) is 41.6 Å². The second kappa shape index (κ2) is 5.36. The van der Waals surface area contributed by atoms with Gasteiger partial charge >= 0.3 is 5.97 Å². The Labute approximate surface area is 118 Å². The summed E-state index contributed by atoms with van der Waals surface area (Å²) < 4.78 is 4.90. The second-order valence-corrected chi connectivity index (χ2v) is 5.08. The van der Waals surface area contributed by atoms with Crippen LogP contribution in [0.4, 0.5) is 0 Å². The van der Waals surface area contributed by atoms with Gasteiger partial charge in [-0.15, -0.1) is 10.2 Å². The number of benzene rings is 1. The van der Waals surface area contributed by atoms with Crippen molar-refractivity contribution in [3.63, 3.8) is 0 Å². The molecule has 0 amide bonds. The molecule has 0 atom stereocenters. The Hall–Kier alpha value is -2.30. The van der Waals surface area contributed by atoms with E-state index < -0.39 is 5.41 Å². The molecule has 1 heterocycles. The first-order chi connectivity index (χ1) is 9.48. The minimum atomic E-state index is -0.840. The Morgan fingerprint density at radius 3 is 2.40 bits per heavy atom. The fraction of sp³-hybridized carbons (Fsp3) is 0.333. The topological polar surface area (TPSA) is 65.0 Å². The minimum Gasteiger partial charge on any atom is -0.468 e. The molecule has 1 aromatic carbocycles. The maximum Gasteiger partial charge on any atom is 0.315 e. The molecule has 0 saturated heterocycles. The highest BCUT2D eigenvalue weighted by Gasteiger charge is 2.36. The summed E-state index contributed by atoms with van der Waals surface area (Å²) in [5, 5.41) is 11.9. The van der Waals surface area contributed by atoms with Crippen molar-refractivity contribution in [2.24, 2.45) is 0 Å². The van der Waals surface area contributed by atoms with E-state index >= 15 is 0 Å². The average molecular weight is 271 g/mol. The molecular weight excluding hydrogens is 254 g/mol. The van der Waals surface area contributed by atoms with Crippen LogP contribution in [-0.2, 0) is 14.9 Å². The van der Waals surface area contributed by atoms with Crippen LogP contribution < -0.4 is 0 Å². The fourth-order valence-corrected chi connectivity index (χ4v) is 2.31. The molecule has 2 rings (SSSR count). The number of carbonyl (C=O) groups excluding carboxylic acids is 1. The van der Waals surface area contributed by atoms with Gasteiger partial charge in [0.25, 0.3) is 0 Å². The molecule has 0 radical (unpaired) electrons. The van der Waals surface area contributed by atoms with E-state index in [4.69, 9.17) is 4.74 Å². The van der Waals surface area contributed by atoms with Crippen LogP contribution in [0.3, 0.4) is 0 Å². The van der Waals surface area contributed by atoms with Crippen molar-refractivity contribution in [1.82, 2.24) is 15.4 Å². The van der Waals surface area contributed by atoms with E-state index in [1.54, 1.807) is 13.8 Å². The van der Waals surface area contributed by atoms with Crippen molar-refractivity contribution in [2.75, 3.05) is 7.11 Å². The highest BCUT2D eigenvalue weighted by Crippen LogP contribution is 2.33. The molecule has 0 unspecified atom stereocenters. The molecule has 0 saturated carbocycles. The van der Waals surface area contributed by atoms with Crippen LogP contribution in [-0.4, -0.2) is 28.5 Å². The molecular formula is C15H17N3O2. The fourth-order valence-electron chi connectivity index (χ4n) is 2.31. The van der Waals surface area contributed by atoms with Gasteiger partial charge in [0.05, 0.1) is 18.2 Å². The third kappa shape index (κ3) is 2.39.